The van der Waals surface area contributed by atoms with Crippen molar-refractivity contribution in [3.8, 4) is 0 Å². The monoisotopic (exact) mass is 161 g/mol. The molecule has 5 heteroatoms. The largest absolute Gasteiger partial charge is 0.278 e. The Balaban J connectivity index is 2.07. The van der Waals surface area contributed by atoms with E-state index in [1.165, 1.54) is 5.01 Å². The highest BCUT2D eigenvalue weighted by molar-refractivity contribution is 5.02. The first kappa shape index (κ1) is 6.94. The van der Waals surface area contributed by atoms with E-state index >= 15 is 0 Å². The molecule has 1 saturated carbocycles. The number of fused-ring (bicyclic) bond motifs is 2. The molecule has 0 aromatic heterocycles. The zero-order valence-corrected chi connectivity index (χ0v) is 5.93. The Morgan fingerprint density at radius 1 is 1.36 bits per heavy atom. The number of hydrogen-bond donors (Lipinski definition) is 1. The molecule has 2 aliphatic heterocycles. The SMILES string of the molecule is N=NN1CC2CC(C1)C2(F)F. The average Bonchev–Trinajstić information content (AvgIpc) is 2.04. The minimum absolute atomic E-state index is 0.257. The van der Waals surface area contributed by atoms with Crippen LogP contribution in [-0.4, -0.2) is 24.0 Å². The summed E-state index contributed by atoms with van der Waals surface area (Å²) in [5.74, 6) is -3.56. The summed E-state index contributed by atoms with van der Waals surface area (Å²) >= 11 is 0. The van der Waals surface area contributed by atoms with Gasteiger partial charge in [-0.2, -0.15) is 5.53 Å². The molecule has 3 aliphatic rings. The maximum atomic E-state index is 12.8. The van der Waals surface area contributed by atoms with Gasteiger partial charge in [-0.25, -0.2) is 8.78 Å². The lowest BCUT2D eigenvalue weighted by atomic mass is 9.67. The van der Waals surface area contributed by atoms with Gasteiger partial charge in [-0.3, -0.25) is 5.01 Å². The fourth-order valence-electron chi connectivity index (χ4n) is 1.89. The van der Waals surface area contributed by atoms with E-state index in [1.807, 2.05) is 0 Å². The van der Waals surface area contributed by atoms with E-state index < -0.39 is 17.8 Å². The molecule has 11 heavy (non-hydrogen) atoms. The van der Waals surface area contributed by atoms with Gasteiger partial charge in [-0.15, -0.1) is 0 Å². The zero-order chi connectivity index (χ0) is 8.06. The Hall–Kier alpha value is -0.740. The minimum Gasteiger partial charge on any atom is -0.278 e. The normalized spacial score (nSPS) is 39.6. The van der Waals surface area contributed by atoms with Crippen molar-refractivity contribution in [3.05, 3.63) is 0 Å². The Kier molecular flexibility index (Phi) is 1.20. The van der Waals surface area contributed by atoms with Crippen molar-refractivity contribution in [2.75, 3.05) is 13.1 Å². The molecule has 3 fully saturated rings. The summed E-state index contributed by atoms with van der Waals surface area (Å²) in [5, 5.41) is 4.56. The van der Waals surface area contributed by atoms with E-state index in [-0.39, 0.29) is 13.1 Å². The molecule has 2 bridgehead atoms. The molecular weight excluding hydrogens is 152 g/mol. The predicted octanol–water partition coefficient (Wildman–Crippen LogP) is 1.52. The minimum atomic E-state index is -2.47. The van der Waals surface area contributed by atoms with Crippen LogP contribution in [0.1, 0.15) is 6.42 Å². The van der Waals surface area contributed by atoms with Crippen LogP contribution in [0.4, 0.5) is 8.78 Å². The van der Waals surface area contributed by atoms with Gasteiger partial charge in [-0.05, 0) is 6.42 Å². The predicted molar refractivity (Wildman–Crippen MR) is 33.3 cm³/mol. The van der Waals surface area contributed by atoms with Gasteiger partial charge < -0.3 is 0 Å². The Morgan fingerprint density at radius 3 is 2.27 bits per heavy atom. The molecule has 2 atom stereocenters. The molecule has 0 aromatic carbocycles. The van der Waals surface area contributed by atoms with Crippen LogP contribution >= 0.6 is 0 Å². The van der Waals surface area contributed by atoms with Crippen LogP contribution in [0.25, 0.3) is 0 Å². The highest BCUT2D eigenvalue weighted by Gasteiger charge is 2.61. The molecule has 0 spiro atoms. The first-order chi connectivity index (χ1) is 5.14. The molecule has 2 saturated heterocycles. The van der Waals surface area contributed by atoms with E-state index in [0.29, 0.717) is 6.42 Å². The van der Waals surface area contributed by atoms with E-state index in [9.17, 15) is 8.78 Å². The van der Waals surface area contributed by atoms with Gasteiger partial charge in [-0.1, -0.05) is 5.22 Å². The molecule has 0 radical (unpaired) electrons. The summed E-state index contributed by atoms with van der Waals surface area (Å²) in [6.07, 6.45) is 0.610. The van der Waals surface area contributed by atoms with Crippen LogP contribution in [0.5, 0.6) is 0 Å². The van der Waals surface area contributed by atoms with Crippen molar-refractivity contribution in [1.82, 2.24) is 5.01 Å². The average molecular weight is 161 g/mol. The lowest BCUT2D eigenvalue weighted by Crippen LogP contribution is -2.61. The number of hydrogen-bond acceptors (Lipinski definition) is 2. The van der Waals surface area contributed by atoms with Crippen LogP contribution in [0.15, 0.2) is 5.22 Å². The number of rotatable bonds is 1. The molecule has 0 aromatic rings. The van der Waals surface area contributed by atoms with Crippen molar-refractivity contribution in [2.24, 2.45) is 17.1 Å². The zero-order valence-electron chi connectivity index (χ0n) is 5.93. The fraction of sp³-hybridized carbons (Fsp3) is 1.00. The smallest absolute Gasteiger partial charge is 0.257 e. The molecule has 3 nitrogen and oxygen atoms in total. The number of nitrogens with zero attached hydrogens (tertiary/aromatic N) is 2. The van der Waals surface area contributed by atoms with Gasteiger partial charge in [0.1, 0.15) is 0 Å². The maximum absolute atomic E-state index is 12.8. The summed E-state index contributed by atoms with van der Waals surface area (Å²) in [6, 6.07) is 0. The highest BCUT2D eigenvalue weighted by atomic mass is 19.3. The van der Waals surface area contributed by atoms with Crippen molar-refractivity contribution >= 4 is 0 Å². The third-order valence-corrected chi connectivity index (χ3v) is 2.66. The maximum Gasteiger partial charge on any atom is 0.257 e. The number of nitrogens with one attached hydrogen (secondary N) is 1. The Bertz CT molecular complexity index is 180. The van der Waals surface area contributed by atoms with E-state index in [4.69, 9.17) is 5.53 Å². The van der Waals surface area contributed by atoms with Gasteiger partial charge >= 0.3 is 0 Å². The standard InChI is InChI=1S/C6H9F2N3/c7-6(8)4-1-5(6)3-11(2-4)10-9/h4-5,9H,1-3H2. The molecule has 62 valence electrons. The summed E-state index contributed by atoms with van der Waals surface area (Å²) in [6.45, 7) is 0.514. The van der Waals surface area contributed by atoms with E-state index in [1.54, 1.807) is 0 Å². The fourth-order valence-corrected chi connectivity index (χ4v) is 1.89. The van der Waals surface area contributed by atoms with Crippen LogP contribution in [0.2, 0.25) is 0 Å². The van der Waals surface area contributed by atoms with Crippen molar-refractivity contribution in [3.63, 3.8) is 0 Å². The summed E-state index contributed by atoms with van der Waals surface area (Å²) < 4.78 is 25.7. The second-order valence-electron chi connectivity index (χ2n) is 3.28. The van der Waals surface area contributed by atoms with E-state index in [0.717, 1.165) is 0 Å². The molecule has 2 unspecified atom stereocenters. The summed E-state index contributed by atoms with van der Waals surface area (Å²) in [5.41, 5.74) is 6.64. The number of halogens is 2. The molecular formula is C6H9F2N3. The van der Waals surface area contributed by atoms with Crippen molar-refractivity contribution in [1.29, 1.82) is 5.53 Å². The molecule has 2 heterocycles. The topological polar surface area (TPSA) is 39.5 Å². The van der Waals surface area contributed by atoms with Gasteiger partial charge in [0.25, 0.3) is 5.92 Å². The second kappa shape index (κ2) is 1.89. The molecule has 1 aliphatic carbocycles. The van der Waals surface area contributed by atoms with Crippen LogP contribution in [0, 0.1) is 17.4 Å². The Morgan fingerprint density at radius 2 is 1.91 bits per heavy atom. The molecule has 0 amide bonds. The van der Waals surface area contributed by atoms with Gasteiger partial charge in [0.15, 0.2) is 0 Å². The van der Waals surface area contributed by atoms with Gasteiger partial charge in [0.05, 0.1) is 0 Å². The van der Waals surface area contributed by atoms with Crippen molar-refractivity contribution < 1.29 is 8.78 Å². The Labute approximate surface area is 62.9 Å². The van der Waals surface area contributed by atoms with E-state index in [2.05, 4.69) is 5.22 Å². The van der Waals surface area contributed by atoms with Crippen LogP contribution < -0.4 is 0 Å². The first-order valence-corrected chi connectivity index (χ1v) is 3.64. The quantitative estimate of drug-likeness (QED) is 0.582. The first-order valence-electron chi connectivity index (χ1n) is 3.64. The van der Waals surface area contributed by atoms with Crippen LogP contribution in [0.3, 0.4) is 0 Å². The third kappa shape index (κ3) is 0.765. The lowest BCUT2D eigenvalue weighted by Gasteiger charge is -2.51. The molecule has 1 N–H and O–H groups in total. The second-order valence-corrected chi connectivity index (χ2v) is 3.28. The number of alkyl halides is 2. The number of piperidine rings is 2. The lowest BCUT2D eigenvalue weighted by molar-refractivity contribution is -0.228. The van der Waals surface area contributed by atoms with Gasteiger partial charge in [0, 0.05) is 24.9 Å². The third-order valence-electron chi connectivity index (χ3n) is 2.66. The van der Waals surface area contributed by atoms with Crippen molar-refractivity contribution in [2.45, 2.75) is 12.3 Å². The van der Waals surface area contributed by atoms with Crippen LogP contribution in [-0.2, 0) is 0 Å². The summed E-state index contributed by atoms with van der Waals surface area (Å²) in [4.78, 5) is 0. The van der Waals surface area contributed by atoms with Gasteiger partial charge in [0.2, 0.25) is 0 Å². The highest BCUT2D eigenvalue weighted by Crippen LogP contribution is 2.52. The molecule has 3 rings (SSSR count). The summed E-state index contributed by atoms with van der Waals surface area (Å²) in [7, 11) is 0.